The second-order valence-corrected chi connectivity index (χ2v) is 6.04. The molecule has 0 fully saturated rings. The van der Waals surface area contributed by atoms with Gasteiger partial charge in [0.05, 0.1) is 23.9 Å². The third kappa shape index (κ3) is 2.48. The molecular formula is C17H20FN3O2. The zero-order valence-electron chi connectivity index (χ0n) is 13.5. The van der Waals surface area contributed by atoms with Crippen LogP contribution in [0.2, 0.25) is 0 Å². The predicted octanol–water partition coefficient (Wildman–Crippen LogP) is 2.42. The maximum atomic E-state index is 13.2. The van der Waals surface area contributed by atoms with Gasteiger partial charge in [0.15, 0.2) is 0 Å². The van der Waals surface area contributed by atoms with E-state index in [0.29, 0.717) is 17.7 Å². The monoisotopic (exact) mass is 317 g/mol. The van der Waals surface area contributed by atoms with Gasteiger partial charge in [0, 0.05) is 13.1 Å². The molecule has 1 N–H and O–H groups in total. The average Bonchev–Trinajstić information content (AvgIpc) is 2.89. The Labute approximate surface area is 134 Å². The van der Waals surface area contributed by atoms with E-state index in [1.807, 2.05) is 13.8 Å². The van der Waals surface area contributed by atoms with Gasteiger partial charge in [-0.15, -0.1) is 0 Å². The molecule has 2 heterocycles. The second kappa shape index (κ2) is 5.68. The first-order chi connectivity index (χ1) is 10.9. The number of rotatable bonds is 3. The largest absolute Gasteiger partial charge is 0.330 e. The number of urea groups is 1. The Morgan fingerprint density at radius 2 is 1.96 bits per heavy atom. The fourth-order valence-electron chi connectivity index (χ4n) is 3.07. The summed E-state index contributed by atoms with van der Waals surface area (Å²) in [6, 6.07) is 5.21. The lowest BCUT2D eigenvalue weighted by molar-refractivity contribution is -0.127. The van der Waals surface area contributed by atoms with Gasteiger partial charge in [0.1, 0.15) is 5.82 Å². The number of hydrogen-bond donors (Lipinski definition) is 1. The molecule has 2 atom stereocenters. The number of hydrogen-bond acceptors (Lipinski definition) is 2. The van der Waals surface area contributed by atoms with Gasteiger partial charge in [-0.3, -0.25) is 9.69 Å². The summed E-state index contributed by atoms with van der Waals surface area (Å²) in [7, 11) is 1.67. The van der Waals surface area contributed by atoms with E-state index in [1.54, 1.807) is 24.1 Å². The van der Waals surface area contributed by atoms with E-state index in [1.165, 1.54) is 17.0 Å². The predicted molar refractivity (Wildman–Crippen MR) is 83.9 cm³/mol. The number of carbonyl (C=O) groups excluding carboxylic acids is 2. The number of carbonyl (C=O) groups is 2. The second-order valence-electron chi connectivity index (χ2n) is 6.04. The molecule has 0 spiro atoms. The lowest BCUT2D eigenvalue weighted by Gasteiger charge is -2.31. The minimum absolute atomic E-state index is 0.0597. The van der Waals surface area contributed by atoms with Gasteiger partial charge >= 0.3 is 6.03 Å². The Morgan fingerprint density at radius 3 is 2.57 bits per heavy atom. The maximum absolute atomic E-state index is 13.2. The summed E-state index contributed by atoms with van der Waals surface area (Å²) in [5.41, 5.74) is 2.02. The number of benzene rings is 1. The van der Waals surface area contributed by atoms with Crippen LogP contribution in [0.4, 0.5) is 9.18 Å². The Bertz CT molecular complexity index is 684. The van der Waals surface area contributed by atoms with Crippen LogP contribution in [0.25, 0.3) is 0 Å². The quantitative estimate of drug-likeness (QED) is 0.931. The highest BCUT2D eigenvalue weighted by Gasteiger charge is 2.43. The Balaban J connectivity index is 2.03. The molecule has 1 aromatic rings. The summed E-state index contributed by atoms with van der Waals surface area (Å²) in [5, 5.41) is 2.84. The first kappa shape index (κ1) is 15.5. The summed E-state index contributed by atoms with van der Waals surface area (Å²) >= 11 is 0. The fourth-order valence-corrected chi connectivity index (χ4v) is 3.07. The van der Waals surface area contributed by atoms with Crippen LogP contribution in [-0.2, 0) is 4.79 Å². The summed E-state index contributed by atoms with van der Waals surface area (Å²) in [6.45, 7) is 4.46. The van der Waals surface area contributed by atoms with Crippen molar-refractivity contribution in [2.45, 2.75) is 32.4 Å². The van der Waals surface area contributed by atoms with Gasteiger partial charge in [-0.05, 0) is 31.0 Å². The number of nitrogens with one attached hydrogen (secondary N) is 1. The van der Waals surface area contributed by atoms with Crippen molar-refractivity contribution in [3.63, 3.8) is 0 Å². The van der Waals surface area contributed by atoms with Crippen molar-refractivity contribution in [3.8, 4) is 0 Å². The van der Waals surface area contributed by atoms with Crippen molar-refractivity contribution in [3.05, 3.63) is 46.9 Å². The van der Waals surface area contributed by atoms with E-state index >= 15 is 0 Å². The van der Waals surface area contributed by atoms with Crippen molar-refractivity contribution < 1.29 is 14.0 Å². The highest BCUT2D eigenvalue weighted by molar-refractivity contribution is 6.01. The van der Waals surface area contributed by atoms with Crippen molar-refractivity contribution >= 4 is 11.9 Å². The highest BCUT2D eigenvalue weighted by atomic mass is 19.1. The van der Waals surface area contributed by atoms with Gasteiger partial charge in [0.2, 0.25) is 0 Å². The molecule has 0 saturated heterocycles. The molecule has 2 aliphatic heterocycles. The molecule has 0 aliphatic carbocycles. The lowest BCUT2D eigenvalue weighted by atomic mass is 9.95. The molecule has 0 radical (unpaired) electrons. The van der Waals surface area contributed by atoms with E-state index in [9.17, 15) is 14.0 Å². The SMILES string of the molecule is CCC(C)N1CC2=C(C1=O)C(c1ccc(F)cc1)NC(=O)N2C. The van der Waals surface area contributed by atoms with E-state index in [4.69, 9.17) is 0 Å². The molecule has 0 saturated carbocycles. The van der Waals surface area contributed by atoms with Crippen LogP contribution < -0.4 is 5.32 Å². The van der Waals surface area contributed by atoms with Gasteiger partial charge in [-0.2, -0.15) is 0 Å². The third-order valence-electron chi connectivity index (χ3n) is 4.71. The topological polar surface area (TPSA) is 52.7 Å². The van der Waals surface area contributed by atoms with Crippen LogP contribution in [-0.4, -0.2) is 41.4 Å². The number of likely N-dealkylation sites (N-methyl/N-ethyl adjacent to an activating group) is 1. The molecule has 3 amide bonds. The summed E-state index contributed by atoms with van der Waals surface area (Å²) in [5.74, 6) is -0.406. The molecule has 5 nitrogen and oxygen atoms in total. The van der Waals surface area contributed by atoms with Crippen molar-refractivity contribution in [2.75, 3.05) is 13.6 Å². The number of halogens is 1. The van der Waals surface area contributed by atoms with Crippen molar-refractivity contribution in [1.29, 1.82) is 0 Å². The van der Waals surface area contributed by atoms with Gasteiger partial charge < -0.3 is 10.2 Å². The smallest absolute Gasteiger partial charge is 0.322 e. The molecule has 122 valence electrons. The van der Waals surface area contributed by atoms with E-state index in [2.05, 4.69) is 5.32 Å². The first-order valence-electron chi connectivity index (χ1n) is 7.77. The molecule has 0 aromatic heterocycles. The maximum Gasteiger partial charge on any atom is 0.322 e. The molecule has 2 unspecified atom stereocenters. The summed E-state index contributed by atoms with van der Waals surface area (Å²) in [4.78, 5) is 28.4. The first-order valence-corrected chi connectivity index (χ1v) is 7.77. The molecule has 1 aromatic carbocycles. The highest BCUT2D eigenvalue weighted by Crippen LogP contribution is 2.36. The minimum Gasteiger partial charge on any atom is -0.330 e. The Morgan fingerprint density at radius 1 is 1.30 bits per heavy atom. The minimum atomic E-state index is -0.532. The summed E-state index contributed by atoms with van der Waals surface area (Å²) in [6.07, 6.45) is 0.846. The van der Waals surface area contributed by atoms with E-state index in [0.717, 1.165) is 12.1 Å². The Kier molecular flexibility index (Phi) is 3.83. The fraction of sp³-hybridized carbons (Fsp3) is 0.412. The van der Waals surface area contributed by atoms with Crippen LogP contribution in [0.15, 0.2) is 35.5 Å². The third-order valence-corrected chi connectivity index (χ3v) is 4.71. The lowest BCUT2D eigenvalue weighted by Crippen LogP contribution is -2.45. The summed E-state index contributed by atoms with van der Waals surface area (Å²) < 4.78 is 13.2. The molecule has 23 heavy (non-hydrogen) atoms. The van der Waals surface area contributed by atoms with Gasteiger partial charge in [-0.25, -0.2) is 9.18 Å². The zero-order chi connectivity index (χ0) is 16.7. The van der Waals surface area contributed by atoms with Crippen LogP contribution in [0.3, 0.4) is 0 Å². The standard InChI is InChI=1S/C17H20FN3O2/c1-4-10(2)21-9-13-14(16(21)22)15(19-17(23)20(13)3)11-5-7-12(18)8-6-11/h5-8,10,15H,4,9H2,1-3H3,(H,19,23). The molecular weight excluding hydrogens is 297 g/mol. The molecule has 0 bridgehead atoms. The number of nitrogens with zero attached hydrogens (tertiary/aromatic N) is 2. The van der Waals surface area contributed by atoms with Gasteiger partial charge in [0.25, 0.3) is 5.91 Å². The van der Waals surface area contributed by atoms with Crippen LogP contribution >= 0.6 is 0 Å². The average molecular weight is 317 g/mol. The molecule has 3 rings (SSSR count). The zero-order valence-corrected chi connectivity index (χ0v) is 13.5. The molecule has 2 aliphatic rings. The van der Waals surface area contributed by atoms with E-state index in [-0.39, 0.29) is 23.8 Å². The van der Waals surface area contributed by atoms with Crippen LogP contribution in [0, 0.1) is 5.82 Å². The van der Waals surface area contributed by atoms with Gasteiger partial charge in [-0.1, -0.05) is 19.1 Å². The van der Waals surface area contributed by atoms with Crippen LogP contribution in [0.5, 0.6) is 0 Å². The normalized spacial score (nSPS) is 22.3. The van der Waals surface area contributed by atoms with Crippen LogP contribution in [0.1, 0.15) is 31.9 Å². The number of amides is 3. The van der Waals surface area contributed by atoms with Crippen molar-refractivity contribution in [2.24, 2.45) is 0 Å². The van der Waals surface area contributed by atoms with Crippen molar-refractivity contribution in [1.82, 2.24) is 15.1 Å². The molecule has 6 heteroatoms. The van der Waals surface area contributed by atoms with E-state index < -0.39 is 6.04 Å². The Hall–Kier alpha value is -2.37.